The quantitative estimate of drug-likeness (QED) is 0.426. The van der Waals surface area contributed by atoms with Crippen LogP contribution in [0.2, 0.25) is 0 Å². The van der Waals surface area contributed by atoms with E-state index in [1.54, 1.807) is 4.90 Å². The topological polar surface area (TPSA) is 55.8 Å². The van der Waals surface area contributed by atoms with Gasteiger partial charge in [0.1, 0.15) is 11.5 Å². The van der Waals surface area contributed by atoms with Crippen molar-refractivity contribution in [2.75, 3.05) is 18.1 Å². The Morgan fingerprint density at radius 3 is 2.90 bits per heavy atom. The van der Waals surface area contributed by atoms with Crippen molar-refractivity contribution in [3.63, 3.8) is 0 Å². The van der Waals surface area contributed by atoms with Gasteiger partial charge in [0.15, 0.2) is 0 Å². The molecule has 2 fully saturated rings. The molecule has 0 saturated carbocycles. The van der Waals surface area contributed by atoms with Crippen molar-refractivity contribution in [3.05, 3.63) is 54.6 Å². The molecular formula is C24H25NO4. The van der Waals surface area contributed by atoms with E-state index in [4.69, 9.17) is 9.47 Å². The van der Waals surface area contributed by atoms with Gasteiger partial charge in [0.05, 0.1) is 30.9 Å². The Hall–Kier alpha value is -2.66. The van der Waals surface area contributed by atoms with Crippen LogP contribution in [0.4, 0.5) is 5.69 Å². The van der Waals surface area contributed by atoms with E-state index in [0.29, 0.717) is 13.2 Å². The molecule has 2 aromatic carbocycles. The van der Waals surface area contributed by atoms with Crippen molar-refractivity contribution < 1.29 is 19.1 Å². The van der Waals surface area contributed by atoms with Crippen LogP contribution in [0.25, 0.3) is 10.8 Å². The highest BCUT2D eigenvalue weighted by atomic mass is 16.6. The summed E-state index contributed by atoms with van der Waals surface area (Å²) in [5, 5.41) is 2.11. The molecule has 1 spiro atoms. The average molecular weight is 391 g/mol. The highest BCUT2D eigenvalue weighted by molar-refractivity contribution is 6.08. The van der Waals surface area contributed by atoms with Gasteiger partial charge in [-0.2, -0.15) is 0 Å². The number of fused-ring (bicyclic) bond motifs is 2. The summed E-state index contributed by atoms with van der Waals surface area (Å²) in [5.41, 5.74) is 0.138. The number of carbonyl (C=O) groups excluding carboxylic acids is 2. The van der Waals surface area contributed by atoms with Gasteiger partial charge in [0, 0.05) is 5.39 Å². The number of rotatable bonds is 6. The Bertz CT molecular complexity index is 994. The second kappa shape index (κ2) is 6.99. The molecule has 2 bridgehead atoms. The van der Waals surface area contributed by atoms with Crippen LogP contribution in [0.3, 0.4) is 0 Å². The molecule has 5 rings (SSSR count). The molecule has 3 heterocycles. The molecule has 0 unspecified atom stereocenters. The molecule has 29 heavy (non-hydrogen) atoms. The van der Waals surface area contributed by atoms with Gasteiger partial charge >= 0.3 is 5.97 Å². The van der Waals surface area contributed by atoms with E-state index in [9.17, 15) is 9.59 Å². The summed E-state index contributed by atoms with van der Waals surface area (Å²) in [6, 6.07) is 14.0. The summed E-state index contributed by atoms with van der Waals surface area (Å²) in [6.45, 7) is 2.94. The molecule has 0 aromatic heterocycles. The molecule has 150 valence electrons. The number of unbranched alkanes of at least 4 members (excludes halogenated alkanes) is 2. The summed E-state index contributed by atoms with van der Waals surface area (Å²) >= 11 is 0. The van der Waals surface area contributed by atoms with E-state index in [1.165, 1.54) is 0 Å². The van der Waals surface area contributed by atoms with Crippen molar-refractivity contribution in [1.82, 2.24) is 0 Å². The van der Waals surface area contributed by atoms with Crippen molar-refractivity contribution in [1.29, 1.82) is 0 Å². The molecule has 1 amide bonds. The lowest BCUT2D eigenvalue weighted by Crippen LogP contribution is -2.40. The number of hydrogen-bond acceptors (Lipinski definition) is 4. The van der Waals surface area contributed by atoms with Gasteiger partial charge in [0.25, 0.3) is 0 Å². The Balaban J connectivity index is 1.44. The lowest BCUT2D eigenvalue weighted by atomic mass is 9.77. The molecule has 5 nitrogen and oxygen atoms in total. The summed E-state index contributed by atoms with van der Waals surface area (Å²) < 4.78 is 11.7. The molecule has 5 heteroatoms. The highest BCUT2D eigenvalue weighted by Gasteiger charge is 2.67. The predicted molar refractivity (Wildman–Crippen MR) is 111 cm³/mol. The first-order valence-electron chi connectivity index (χ1n) is 10.5. The zero-order valence-electron chi connectivity index (χ0n) is 16.5. The Kier molecular flexibility index (Phi) is 4.43. The third-order valence-corrected chi connectivity index (χ3v) is 6.42. The van der Waals surface area contributed by atoms with Gasteiger partial charge in [-0.15, -0.1) is 0 Å². The number of ether oxygens (including phenoxy) is 2. The fourth-order valence-electron chi connectivity index (χ4n) is 5.04. The largest absolute Gasteiger partial charge is 0.465 e. The zero-order valence-corrected chi connectivity index (χ0v) is 16.5. The SMILES string of the molecule is CCCCCOC(=O)[C@@H]1[C@@H]2C=C[C@]3(CN(c4cccc5ccccc45)C(=O)[C@H]13)O2. The van der Waals surface area contributed by atoms with Crippen LogP contribution in [0.15, 0.2) is 54.6 Å². The van der Waals surface area contributed by atoms with E-state index in [2.05, 4.69) is 6.92 Å². The lowest BCUT2D eigenvalue weighted by Gasteiger charge is -2.23. The zero-order chi connectivity index (χ0) is 20.0. The van der Waals surface area contributed by atoms with Crippen molar-refractivity contribution in [2.45, 2.75) is 37.9 Å². The summed E-state index contributed by atoms with van der Waals surface area (Å²) in [7, 11) is 0. The van der Waals surface area contributed by atoms with Crippen molar-refractivity contribution >= 4 is 28.3 Å². The summed E-state index contributed by atoms with van der Waals surface area (Å²) in [5.74, 6) is -1.44. The number of amides is 1. The Morgan fingerprint density at radius 2 is 2.03 bits per heavy atom. The monoisotopic (exact) mass is 391 g/mol. The Labute approximate surface area is 170 Å². The van der Waals surface area contributed by atoms with E-state index in [1.807, 2.05) is 54.6 Å². The second-order valence-corrected chi connectivity index (χ2v) is 8.20. The molecule has 3 aliphatic rings. The fourth-order valence-corrected chi connectivity index (χ4v) is 5.04. The minimum Gasteiger partial charge on any atom is -0.465 e. The maximum Gasteiger partial charge on any atom is 0.312 e. The van der Waals surface area contributed by atoms with E-state index >= 15 is 0 Å². The highest BCUT2D eigenvalue weighted by Crippen LogP contribution is 2.53. The van der Waals surface area contributed by atoms with Crippen LogP contribution in [0, 0.1) is 11.8 Å². The molecular weight excluding hydrogens is 366 g/mol. The first-order valence-corrected chi connectivity index (χ1v) is 10.5. The van der Waals surface area contributed by atoms with Gasteiger partial charge in [-0.3, -0.25) is 9.59 Å². The number of hydrogen-bond donors (Lipinski definition) is 0. The minimum atomic E-state index is -0.730. The maximum atomic E-state index is 13.5. The van der Waals surface area contributed by atoms with Crippen LogP contribution < -0.4 is 4.90 Å². The fraction of sp³-hybridized carbons (Fsp3) is 0.417. The van der Waals surface area contributed by atoms with Crippen LogP contribution in [0.1, 0.15) is 26.2 Å². The first kappa shape index (κ1) is 18.4. The number of esters is 1. The maximum absolute atomic E-state index is 13.5. The van der Waals surface area contributed by atoms with E-state index in [-0.39, 0.29) is 18.0 Å². The molecule has 2 saturated heterocycles. The van der Waals surface area contributed by atoms with Crippen molar-refractivity contribution in [2.24, 2.45) is 11.8 Å². The van der Waals surface area contributed by atoms with Crippen LogP contribution in [0.5, 0.6) is 0 Å². The number of carbonyl (C=O) groups is 2. The lowest BCUT2D eigenvalue weighted by molar-refractivity contribution is -0.152. The Morgan fingerprint density at radius 1 is 1.21 bits per heavy atom. The van der Waals surface area contributed by atoms with Crippen LogP contribution in [-0.2, 0) is 19.1 Å². The molecule has 0 aliphatic carbocycles. The minimum absolute atomic E-state index is 0.0521. The van der Waals surface area contributed by atoms with Gasteiger partial charge in [-0.05, 0) is 17.9 Å². The van der Waals surface area contributed by atoms with Gasteiger partial charge in [-0.25, -0.2) is 0 Å². The first-order chi connectivity index (χ1) is 14.1. The predicted octanol–water partition coefficient (Wildman–Crippen LogP) is 3.86. The third kappa shape index (κ3) is 2.79. The molecule has 0 N–H and O–H groups in total. The molecule has 4 atom stereocenters. The second-order valence-electron chi connectivity index (χ2n) is 8.20. The number of anilines is 1. The van der Waals surface area contributed by atoms with E-state index in [0.717, 1.165) is 35.7 Å². The van der Waals surface area contributed by atoms with Gasteiger partial charge in [0.2, 0.25) is 5.91 Å². The standard InChI is InChI=1S/C24H25NO4/c1-2-3-6-14-28-23(27)20-19-12-13-24(29-19)15-25(22(26)21(20)24)18-11-7-9-16-8-4-5-10-17(16)18/h4-5,7-13,19-21H,2-3,6,14-15H2,1H3/t19-,20+,21-,24+/m0/s1. The van der Waals surface area contributed by atoms with Gasteiger partial charge < -0.3 is 14.4 Å². The summed E-state index contributed by atoms with van der Waals surface area (Å²) in [4.78, 5) is 28.1. The third-order valence-electron chi connectivity index (χ3n) is 6.42. The normalized spacial score (nSPS) is 29.6. The number of benzene rings is 2. The molecule has 2 aromatic rings. The van der Waals surface area contributed by atoms with Crippen molar-refractivity contribution in [3.8, 4) is 0 Å². The van der Waals surface area contributed by atoms with Crippen LogP contribution in [-0.4, -0.2) is 36.7 Å². The summed E-state index contributed by atoms with van der Waals surface area (Å²) in [6.07, 6.45) is 6.48. The molecule has 3 aliphatic heterocycles. The average Bonchev–Trinajstić information content (AvgIpc) is 3.39. The van der Waals surface area contributed by atoms with E-state index < -0.39 is 17.4 Å². The van der Waals surface area contributed by atoms with Gasteiger partial charge in [-0.1, -0.05) is 68.3 Å². The molecule has 0 radical (unpaired) electrons. The van der Waals surface area contributed by atoms with Crippen LogP contribution >= 0.6 is 0 Å². The number of nitrogens with zero attached hydrogens (tertiary/aromatic N) is 1. The smallest absolute Gasteiger partial charge is 0.312 e.